The normalized spacial score (nSPS) is 51.3. The van der Waals surface area contributed by atoms with Gasteiger partial charge >= 0.3 is 0 Å². The maximum atomic E-state index is 10.1. The van der Waals surface area contributed by atoms with Crippen molar-refractivity contribution in [3.8, 4) is 0 Å². The number of nitrogens with one attached hydrogen (secondary N) is 1. The first-order chi connectivity index (χ1) is 34.1. The van der Waals surface area contributed by atoms with E-state index >= 15 is 0 Å². The molecule has 2 N–H and O–H groups in total. The third-order valence-electron chi connectivity index (χ3n) is 25.7. The van der Waals surface area contributed by atoms with Crippen LogP contribution in [0.5, 0.6) is 0 Å². The lowest BCUT2D eigenvalue weighted by Gasteiger charge is -2.68. The van der Waals surface area contributed by atoms with Crippen LogP contribution in [0.1, 0.15) is 225 Å². The van der Waals surface area contributed by atoms with Crippen LogP contribution in [0.25, 0.3) is 0 Å². The molecule has 388 valence electrons. The monoisotopic (exact) mass is 950 g/mol. The van der Waals surface area contributed by atoms with Crippen LogP contribution in [0, 0.1) is 88.8 Å². The fourth-order valence-electron chi connectivity index (χ4n) is 22.5. The van der Waals surface area contributed by atoms with Crippen LogP contribution < -0.4 is 5.32 Å². The summed E-state index contributed by atoms with van der Waals surface area (Å²) in [5, 5.41) is 14.8. The van der Waals surface area contributed by atoms with Crippen molar-refractivity contribution in [3.05, 3.63) is 11.4 Å². The first-order valence-corrected chi connectivity index (χ1v) is 31.8. The Hall–Kier alpha value is -0.820. The van der Waals surface area contributed by atoms with Crippen LogP contribution in [0.2, 0.25) is 0 Å². The highest BCUT2D eigenvalue weighted by Gasteiger charge is 2.64. The smallest absolute Gasteiger partial charge is 0.105 e. The lowest BCUT2D eigenvalue weighted by Crippen LogP contribution is -2.76. The lowest BCUT2D eigenvalue weighted by atomic mass is 9.45. The molecule has 0 aromatic carbocycles. The average molecular weight is 951 g/mol. The highest BCUT2D eigenvalue weighted by atomic mass is 16.5. The van der Waals surface area contributed by atoms with Crippen LogP contribution in [-0.2, 0) is 9.47 Å². The van der Waals surface area contributed by atoms with Gasteiger partial charge in [-0.25, -0.2) is 0 Å². The molecule has 2 aliphatic heterocycles. The van der Waals surface area contributed by atoms with E-state index in [2.05, 4.69) is 15.4 Å². The zero-order chi connectivity index (χ0) is 46.2. The Bertz CT molecular complexity index is 1730. The van der Waals surface area contributed by atoms with Crippen molar-refractivity contribution < 1.29 is 14.6 Å². The Balaban J connectivity index is 0.902. The average Bonchev–Trinajstić information content (AvgIpc) is 3.76. The number of hydrogen-bond acceptors (Lipinski definition) is 6. The molecular weight excluding hydrogens is 847 g/mol. The summed E-state index contributed by atoms with van der Waals surface area (Å²) in [5.41, 5.74) is 2.12. The minimum atomic E-state index is 0.417. The maximum Gasteiger partial charge on any atom is 0.105 e. The Labute approximate surface area is 422 Å². The largest absolute Gasteiger partial charge is 0.396 e. The molecule has 6 nitrogen and oxygen atoms in total. The van der Waals surface area contributed by atoms with Gasteiger partial charge in [-0.05, 0) is 275 Å². The summed E-state index contributed by atoms with van der Waals surface area (Å²) in [6, 6.07) is 4.27. The zero-order valence-electron chi connectivity index (χ0n) is 44.4. The van der Waals surface area contributed by atoms with Gasteiger partial charge in [0.2, 0.25) is 0 Å². The van der Waals surface area contributed by atoms with E-state index < -0.39 is 0 Å². The molecule has 13 atom stereocenters. The summed E-state index contributed by atoms with van der Waals surface area (Å²) in [6.07, 6.45) is 51.4. The summed E-state index contributed by atoms with van der Waals surface area (Å²) in [5.74, 6) is 15.5. The van der Waals surface area contributed by atoms with Gasteiger partial charge in [0.05, 0.1) is 12.2 Å². The molecule has 2 heterocycles. The minimum absolute atomic E-state index is 0.417. The van der Waals surface area contributed by atoms with Crippen molar-refractivity contribution >= 4 is 0 Å². The molecule has 0 aromatic heterocycles. The molecule has 13 unspecified atom stereocenters. The summed E-state index contributed by atoms with van der Waals surface area (Å²) in [6.45, 7) is 0.417. The van der Waals surface area contributed by atoms with Gasteiger partial charge in [0.1, 0.15) is 5.82 Å². The maximum absolute atomic E-state index is 10.1. The molecule has 13 rings (SSSR count). The molecule has 11 aliphatic carbocycles. The highest BCUT2D eigenvalue weighted by molar-refractivity contribution is 5.34. The van der Waals surface area contributed by atoms with Crippen molar-refractivity contribution in [2.24, 2.45) is 88.8 Å². The van der Waals surface area contributed by atoms with Crippen molar-refractivity contribution in [2.45, 2.75) is 273 Å². The lowest BCUT2D eigenvalue weighted by molar-refractivity contribution is -0.157. The van der Waals surface area contributed by atoms with E-state index in [4.69, 9.17) is 14.8 Å². The molecule has 6 heteroatoms. The summed E-state index contributed by atoms with van der Waals surface area (Å²) < 4.78 is 11.9. The minimum Gasteiger partial charge on any atom is -0.396 e. The summed E-state index contributed by atoms with van der Waals surface area (Å²) >= 11 is 0. The van der Waals surface area contributed by atoms with Crippen molar-refractivity contribution in [2.75, 3.05) is 20.8 Å². The molecule has 0 amide bonds. The van der Waals surface area contributed by atoms with E-state index in [0.717, 1.165) is 94.9 Å². The van der Waals surface area contributed by atoms with Crippen LogP contribution in [0.3, 0.4) is 0 Å². The van der Waals surface area contributed by atoms with Crippen LogP contribution in [0.4, 0.5) is 0 Å². The van der Waals surface area contributed by atoms with E-state index in [1.54, 1.807) is 25.7 Å². The van der Waals surface area contributed by atoms with E-state index in [-0.39, 0.29) is 0 Å². The topological polar surface area (TPSA) is 57.2 Å². The molecule has 0 bridgehead atoms. The molecular formula is C63H103N3O3. The molecule has 69 heavy (non-hydrogen) atoms. The number of fused-ring (bicyclic) bond motifs is 5. The van der Waals surface area contributed by atoms with Gasteiger partial charge in [-0.1, -0.05) is 38.5 Å². The van der Waals surface area contributed by atoms with Gasteiger partial charge in [-0.15, -0.1) is 0 Å². The Morgan fingerprint density at radius 3 is 1.61 bits per heavy atom. The number of hydrogen-bond donors (Lipinski definition) is 2. The summed E-state index contributed by atoms with van der Waals surface area (Å²) in [4.78, 5) is 7.01. The number of methoxy groups -OCH3 is 2. The number of aliphatic hydroxyl groups excluding tert-OH is 1. The van der Waals surface area contributed by atoms with Crippen LogP contribution >= 0.6 is 0 Å². The second-order valence-electron chi connectivity index (χ2n) is 28.1. The number of nitrogens with zero attached hydrogens (tertiary/aromatic N) is 2. The van der Waals surface area contributed by atoms with E-state index in [9.17, 15) is 5.11 Å². The highest BCUT2D eigenvalue weighted by Crippen LogP contribution is 2.64. The van der Waals surface area contributed by atoms with Gasteiger partial charge in [-0.3, -0.25) is 0 Å². The zero-order valence-corrected chi connectivity index (χ0v) is 44.4. The van der Waals surface area contributed by atoms with E-state index in [0.29, 0.717) is 48.9 Å². The third kappa shape index (κ3) is 8.79. The van der Waals surface area contributed by atoms with E-state index in [1.807, 2.05) is 20.0 Å². The Kier molecular flexibility index (Phi) is 14.4. The number of piperazine rings is 1. The number of aliphatic hydroxyl groups is 1. The molecule has 0 spiro atoms. The van der Waals surface area contributed by atoms with Gasteiger partial charge < -0.3 is 29.7 Å². The fourth-order valence-corrected chi connectivity index (χ4v) is 22.5. The quantitative estimate of drug-likeness (QED) is 0.240. The fraction of sp³-hybridized carbons (Fsp3) is 0.968. The predicted octanol–water partition coefficient (Wildman–Crippen LogP) is 13.7. The van der Waals surface area contributed by atoms with E-state index in [1.165, 1.54) is 199 Å². The van der Waals surface area contributed by atoms with Crippen molar-refractivity contribution in [1.82, 2.24) is 15.1 Å². The van der Waals surface area contributed by atoms with Gasteiger partial charge in [-0.2, -0.15) is 0 Å². The molecule has 0 aromatic rings. The molecule has 12 fully saturated rings. The molecule has 11 saturated carbocycles. The molecule has 13 aliphatic rings. The Morgan fingerprint density at radius 2 is 0.986 bits per heavy atom. The predicted molar refractivity (Wildman–Crippen MR) is 279 cm³/mol. The number of rotatable bonds is 9. The number of ether oxygens (including phenoxy) is 2. The standard InChI is InChI=1S/C63H103N3O3/c1-68-50-32-25-43(26-33-50)41-17-19-47(20-18-41)60-54-37-48(44-27-34-51(69-2)35-28-44)29-36-56(54)65(49-30-23-42(24-31-49)40-15-13-39(38-67)14-16-40)63(60)66-57-12-4-3-11-55(57)64-61-52-9-5-7-45-21-22-46-8-6-10-53(62(61)66)59(46)58(45)52/h39-59,61-62,64,67H,3-38H2,1-2H3. The third-order valence-corrected chi connectivity index (χ3v) is 25.7. The van der Waals surface area contributed by atoms with Crippen LogP contribution in [0.15, 0.2) is 11.4 Å². The summed E-state index contributed by atoms with van der Waals surface area (Å²) in [7, 11) is 3.94. The second kappa shape index (κ2) is 20.7. The molecule has 0 radical (unpaired) electrons. The van der Waals surface area contributed by atoms with Crippen molar-refractivity contribution in [3.63, 3.8) is 0 Å². The second-order valence-corrected chi connectivity index (χ2v) is 28.1. The Morgan fingerprint density at radius 1 is 0.464 bits per heavy atom. The van der Waals surface area contributed by atoms with Crippen molar-refractivity contribution in [1.29, 1.82) is 0 Å². The van der Waals surface area contributed by atoms with Gasteiger partial charge in [0, 0.05) is 63.0 Å². The molecule has 1 saturated heterocycles. The van der Waals surface area contributed by atoms with Crippen LogP contribution in [-0.4, -0.2) is 84.2 Å². The van der Waals surface area contributed by atoms with Gasteiger partial charge in [0.25, 0.3) is 0 Å². The van der Waals surface area contributed by atoms with Gasteiger partial charge in [0.15, 0.2) is 0 Å². The SMILES string of the molecule is COC1CCC(C2CCC(C3=C(N4C5CCCCC5NC5C6CCCC7CCC8CCCC(C8C76)C54)N(C4CCC(C5CCC(CO)CC5)CC4)C4CCC(C5CCC(OC)CC5)CC34)CC2)CC1. The first-order valence-electron chi connectivity index (χ1n) is 31.8. The first kappa shape index (κ1) is 47.9.